The third kappa shape index (κ3) is 3.85. The average molecular weight is 349 g/mol. The molecule has 110 valence electrons. The molecule has 2 aromatic carbocycles. The van der Waals surface area contributed by atoms with Crippen LogP contribution in [0, 0.1) is 5.41 Å². The smallest absolute Gasteiger partial charge is 0.312 e. The van der Waals surface area contributed by atoms with Crippen LogP contribution in [0.2, 0.25) is 0 Å². The van der Waals surface area contributed by atoms with Crippen LogP contribution in [0.1, 0.15) is 13.8 Å². The quantitative estimate of drug-likeness (QED) is 0.858. The molecule has 0 fully saturated rings. The van der Waals surface area contributed by atoms with Gasteiger partial charge in [-0.3, -0.25) is 4.79 Å². The van der Waals surface area contributed by atoms with Crippen LogP contribution in [0.25, 0.3) is 11.1 Å². The zero-order valence-corrected chi connectivity index (χ0v) is 13.6. The Kier molecular flexibility index (Phi) is 4.68. The lowest BCUT2D eigenvalue weighted by Gasteiger charge is -2.20. The number of ether oxygens (including phenoxy) is 1. The molecule has 4 heteroatoms. The second-order valence-corrected chi connectivity index (χ2v) is 6.34. The van der Waals surface area contributed by atoms with Crippen molar-refractivity contribution in [2.24, 2.45) is 5.41 Å². The normalized spacial score (nSPS) is 11.2. The van der Waals surface area contributed by atoms with Crippen molar-refractivity contribution in [1.29, 1.82) is 0 Å². The van der Waals surface area contributed by atoms with Crippen LogP contribution in [-0.4, -0.2) is 17.7 Å². The maximum Gasteiger partial charge on any atom is 0.312 e. The number of carboxylic acid groups (broad SMARTS) is 1. The Morgan fingerprint density at radius 3 is 2.38 bits per heavy atom. The number of aliphatic carboxylic acids is 1. The molecular weight excluding hydrogens is 332 g/mol. The number of hydrogen-bond donors (Lipinski definition) is 1. The predicted octanol–water partition coefficient (Wildman–Crippen LogP) is 4.61. The Hall–Kier alpha value is -1.81. The Labute approximate surface area is 132 Å². The maximum atomic E-state index is 11.1. The lowest BCUT2D eigenvalue weighted by atomic mass is 9.95. The number of rotatable bonds is 5. The third-order valence-corrected chi connectivity index (χ3v) is 3.83. The van der Waals surface area contributed by atoms with Crippen molar-refractivity contribution in [2.75, 3.05) is 6.61 Å². The zero-order chi connectivity index (χ0) is 15.5. The molecule has 0 spiro atoms. The van der Waals surface area contributed by atoms with Gasteiger partial charge < -0.3 is 9.84 Å². The van der Waals surface area contributed by atoms with Crippen LogP contribution >= 0.6 is 15.9 Å². The molecule has 0 saturated carbocycles. The summed E-state index contributed by atoms with van der Waals surface area (Å²) >= 11 is 3.48. The lowest BCUT2D eigenvalue weighted by molar-refractivity contribution is -0.148. The van der Waals surface area contributed by atoms with Crippen molar-refractivity contribution < 1.29 is 14.6 Å². The van der Waals surface area contributed by atoms with Crippen molar-refractivity contribution >= 4 is 21.9 Å². The first-order chi connectivity index (χ1) is 9.90. The number of carbonyl (C=O) groups is 1. The number of carboxylic acids is 1. The molecule has 1 N–H and O–H groups in total. The van der Waals surface area contributed by atoms with Gasteiger partial charge in [0.25, 0.3) is 0 Å². The molecule has 2 rings (SSSR count). The average Bonchev–Trinajstić information content (AvgIpc) is 2.46. The molecule has 0 aliphatic rings. The van der Waals surface area contributed by atoms with Gasteiger partial charge in [-0.2, -0.15) is 0 Å². The van der Waals surface area contributed by atoms with Crippen LogP contribution < -0.4 is 4.74 Å². The summed E-state index contributed by atoms with van der Waals surface area (Å²) in [6, 6.07) is 15.8. The van der Waals surface area contributed by atoms with E-state index in [9.17, 15) is 4.79 Å². The van der Waals surface area contributed by atoms with E-state index in [1.54, 1.807) is 13.8 Å². The highest BCUT2D eigenvalue weighted by Gasteiger charge is 2.28. The van der Waals surface area contributed by atoms with Gasteiger partial charge in [0.1, 0.15) is 12.4 Å². The van der Waals surface area contributed by atoms with E-state index in [1.165, 1.54) is 0 Å². The van der Waals surface area contributed by atoms with Crippen molar-refractivity contribution in [3.63, 3.8) is 0 Å². The third-order valence-electron chi connectivity index (χ3n) is 3.21. The number of benzene rings is 2. The minimum Gasteiger partial charge on any atom is -0.491 e. The van der Waals surface area contributed by atoms with Gasteiger partial charge in [-0.25, -0.2) is 0 Å². The lowest BCUT2D eigenvalue weighted by Crippen LogP contribution is -2.30. The van der Waals surface area contributed by atoms with Crippen LogP contribution in [0.3, 0.4) is 0 Å². The van der Waals surface area contributed by atoms with E-state index in [-0.39, 0.29) is 6.61 Å². The van der Waals surface area contributed by atoms with E-state index in [1.807, 2.05) is 48.5 Å². The van der Waals surface area contributed by atoms with Gasteiger partial charge in [0.15, 0.2) is 0 Å². The van der Waals surface area contributed by atoms with Crippen LogP contribution in [-0.2, 0) is 4.79 Å². The molecule has 21 heavy (non-hydrogen) atoms. The monoisotopic (exact) mass is 348 g/mol. The molecule has 0 aliphatic heterocycles. The fourth-order valence-corrected chi connectivity index (χ4v) is 2.24. The van der Waals surface area contributed by atoms with Gasteiger partial charge in [-0.15, -0.1) is 0 Å². The van der Waals surface area contributed by atoms with Gasteiger partial charge in [0.05, 0.1) is 9.89 Å². The van der Waals surface area contributed by atoms with Gasteiger partial charge in [-0.1, -0.05) is 36.4 Å². The van der Waals surface area contributed by atoms with Crippen molar-refractivity contribution in [3.8, 4) is 16.9 Å². The van der Waals surface area contributed by atoms with Gasteiger partial charge >= 0.3 is 5.97 Å². The molecule has 2 aromatic rings. The summed E-state index contributed by atoms with van der Waals surface area (Å²) in [7, 11) is 0. The minimum absolute atomic E-state index is 0.117. The molecule has 0 amide bonds. The SMILES string of the molecule is CC(C)(COc1ccc(-c2ccccc2)cc1Br)C(=O)O. The topological polar surface area (TPSA) is 46.5 Å². The molecule has 0 unspecified atom stereocenters. The first kappa shape index (κ1) is 15.6. The number of hydrogen-bond acceptors (Lipinski definition) is 2. The summed E-state index contributed by atoms with van der Waals surface area (Å²) < 4.78 is 6.44. The highest BCUT2D eigenvalue weighted by Crippen LogP contribution is 2.31. The molecule has 0 atom stereocenters. The molecular formula is C17H17BrO3. The summed E-state index contributed by atoms with van der Waals surface area (Å²) in [6.45, 7) is 3.40. The maximum absolute atomic E-state index is 11.1. The molecule has 0 radical (unpaired) electrons. The summed E-state index contributed by atoms with van der Waals surface area (Å²) in [5.74, 6) is -0.233. The molecule has 0 aromatic heterocycles. The van der Waals surface area contributed by atoms with Gasteiger partial charge in [0.2, 0.25) is 0 Å². The standard InChI is InChI=1S/C17H17BrO3/c1-17(2,16(19)20)11-21-15-9-8-13(10-14(15)18)12-6-4-3-5-7-12/h3-10H,11H2,1-2H3,(H,19,20). The summed E-state index contributed by atoms with van der Waals surface area (Å²) in [5.41, 5.74) is 1.28. The fraction of sp³-hybridized carbons (Fsp3) is 0.235. The van der Waals surface area contributed by atoms with Gasteiger partial charge in [-0.05, 0) is 53.0 Å². The van der Waals surface area contributed by atoms with Crippen molar-refractivity contribution in [3.05, 3.63) is 53.0 Å². The predicted molar refractivity (Wildman–Crippen MR) is 86.5 cm³/mol. The molecule has 0 heterocycles. The van der Waals surface area contributed by atoms with E-state index in [0.29, 0.717) is 5.75 Å². The molecule has 0 bridgehead atoms. The zero-order valence-electron chi connectivity index (χ0n) is 12.0. The fourth-order valence-electron chi connectivity index (χ4n) is 1.75. The molecule has 0 aliphatic carbocycles. The first-order valence-electron chi connectivity index (χ1n) is 6.61. The highest BCUT2D eigenvalue weighted by molar-refractivity contribution is 9.10. The van der Waals surface area contributed by atoms with Crippen LogP contribution in [0.5, 0.6) is 5.75 Å². The Bertz CT molecular complexity index is 636. The highest BCUT2D eigenvalue weighted by atomic mass is 79.9. The largest absolute Gasteiger partial charge is 0.491 e. The first-order valence-corrected chi connectivity index (χ1v) is 7.40. The van der Waals surface area contributed by atoms with Gasteiger partial charge in [0, 0.05) is 0 Å². The Balaban J connectivity index is 2.15. The van der Waals surface area contributed by atoms with Crippen LogP contribution in [0.4, 0.5) is 0 Å². The molecule has 3 nitrogen and oxygen atoms in total. The summed E-state index contributed by atoms with van der Waals surface area (Å²) in [6.07, 6.45) is 0. The van der Waals surface area contributed by atoms with Crippen LogP contribution in [0.15, 0.2) is 53.0 Å². The second-order valence-electron chi connectivity index (χ2n) is 5.49. The van der Waals surface area contributed by atoms with E-state index in [4.69, 9.17) is 9.84 Å². The van der Waals surface area contributed by atoms with Crippen molar-refractivity contribution in [1.82, 2.24) is 0 Å². The van der Waals surface area contributed by atoms with Crippen molar-refractivity contribution in [2.45, 2.75) is 13.8 Å². The Morgan fingerprint density at radius 2 is 1.81 bits per heavy atom. The van der Waals surface area contributed by atoms with E-state index in [0.717, 1.165) is 15.6 Å². The minimum atomic E-state index is -0.919. The van der Waals surface area contributed by atoms with E-state index in [2.05, 4.69) is 15.9 Å². The van der Waals surface area contributed by atoms with E-state index >= 15 is 0 Å². The van der Waals surface area contributed by atoms with E-state index < -0.39 is 11.4 Å². The molecule has 0 saturated heterocycles. The summed E-state index contributed by atoms with van der Waals surface area (Å²) in [4.78, 5) is 11.1. The second kappa shape index (κ2) is 6.31. The Morgan fingerprint density at radius 1 is 1.14 bits per heavy atom. The number of halogens is 1. The summed E-state index contributed by atoms with van der Waals surface area (Å²) in [5, 5.41) is 9.09.